The third-order valence-electron chi connectivity index (χ3n) is 2.50. The lowest BCUT2D eigenvalue weighted by molar-refractivity contribution is -0.118. The Kier molecular flexibility index (Phi) is 4.30. The number of hydrogen-bond donors (Lipinski definition) is 1. The molecule has 82 valence electrons. The van der Waals surface area contributed by atoms with Gasteiger partial charge < -0.3 is 5.32 Å². The normalized spacial score (nSPS) is 12.5. The second kappa shape index (κ2) is 5.29. The number of ketones is 1. The van der Waals surface area contributed by atoms with Crippen LogP contribution in [0.25, 0.3) is 0 Å². The number of rotatable bonds is 4. The second-order valence-electron chi connectivity index (χ2n) is 3.74. The first-order valence-corrected chi connectivity index (χ1v) is 5.35. The zero-order valence-corrected chi connectivity index (χ0v) is 10.1. The topological polar surface area (TPSA) is 29.1 Å². The van der Waals surface area contributed by atoms with Gasteiger partial charge in [-0.2, -0.15) is 0 Å². The fraction of sp³-hybridized carbons (Fsp3) is 0.417. The van der Waals surface area contributed by atoms with Crippen molar-refractivity contribution in [2.24, 2.45) is 0 Å². The molecule has 3 heteroatoms. The number of likely N-dealkylation sites (N-methyl/N-ethyl adjacent to an activating group) is 1. The van der Waals surface area contributed by atoms with E-state index in [9.17, 15) is 4.79 Å². The van der Waals surface area contributed by atoms with Gasteiger partial charge in [0.2, 0.25) is 0 Å². The molecule has 1 rings (SSSR count). The van der Waals surface area contributed by atoms with E-state index in [0.29, 0.717) is 6.42 Å². The molecule has 0 radical (unpaired) electrons. The highest BCUT2D eigenvalue weighted by Gasteiger charge is 2.12. The van der Waals surface area contributed by atoms with Crippen molar-refractivity contribution in [2.75, 3.05) is 7.05 Å². The molecule has 0 aromatic heterocycles. The summed E-state index contributed by atoms with van der Waals surface area (Å²) in [5.41, 5.74) is 2.18. The van der Waals surface area contributed by atoms with Gasteiger partial charge in [-0.1, -0.05) is 23.7 Å². The van der Waals surface area contributed by atoms with E-state index < -0.39 is 0 Å². The largest absolute Gasteiger partial charge is 0.310 e. The van der Waals surface area contributed by atoms with Crippen LogP contribution in [0.15, 0.2) is 18.2 Å². The minimum atomic E-state index is -0.106. The van der Waals surface area contributed by atoms with E-state index in [4.69, 9.17) is 11.6 Å². The van der Waals surface area contributed by atoms with Gasteiger partial charge in [0, 0.05) is 5.02 Å². The average molecular weight is 226 g/mol. The molecule has 0 amide bonds. The van der Waals surface area contributed by atoms with Crippen LogP contribution in [0.4, 0.5) is 0 Å². The molecule has 2 nitrogen and oxygen atoms in total. The molecule has 0 bridgehead atoms. The Bertz CT molecular complexity index is 363. The standard InChI is InChI=1S/C12H16ClNO/c1-8-6-10(4-5-11(8)13)7-12(14-3)9(2)15/h4-6,12,14H,7H2,1-3H3/t12-/m0/s1. The number of carbonyl (C=O) groups is 1. The van der Waals surface area contributed by atoms with Crippen LogP contribution in [-0.4, -0.2) is 18.9 Å². The Morgan fingerprint density at radius 3 is 2.67 bits per heavy atom. The van der Waals surface area contributed by atoms with Crippen LogP contribution in [-0.2, 0) is 11.2 Å². The molecule has 0 fully saturated rings. The van der Waals surface area contributed by atoms with Crippen LogP contribution in [0, 0.1) is 6.92 Å². The summed E-state index contributed by atoms with van der Waals surface area (Å²) in [4.78, 5) is 11.2. The average Bonchev–Trinajstić information content (AvgIpc) is 2.19. The SMILES string of the molecule is CN[C@@H](Cc1ccc(Cl)c(C)c1)C(C)=O. The summed E-state index contributed by atoms with van der Waals surface area (Å²) in [6.07, 6.45) is 0.712. The zero-order chi connectivity index (χ0) is 11.4. The first-order valence-electron chi connectivity index (χ1n) is 4.97. The summed E-state index contributed by atoms with van der Waals surface area (Å²) in [7, 11) is 1.80. The van der Waals surface area contributed by atoms with E-state index in [-0.39, 0.29) is 11.8 Å². The van der Waals surface area contributed by atoms with E-state index in [1.165, 1.54) is 0 Å². The minimum absolute atomic E-state index is 0.106. The Balaban J connectivity index is 2.80. The van der Waals surface area contributed by atoms with E-state index in [2.05, 4.69) is 5.32 Å². The Labute approximate surface area is 95.6 Å². The van der Waals surface area contributed by atoms with Gasteiger partial charge in [-0.3, -0.25) is 4.79 Å². The fourth-order valence-electron chi connectivity index (χ4n) is 1.52. The summed E-state index contributed by atoms with van der Waals surface area (Å²) < 4.78 is 0. The summed E-state index contributed by atoms with van der Waals surface area (Å²) >= 11 is 5.93. The van der Waals surface area contributed by atoms with Gasteiger partial charge in [0.05, 0.1) is 6.04 Å². The predicted molar refractivity (Wildman–Crippen MR) is 63.4 cm³/mol. The molecule has 1 aromatic rings. The molecular weight excluding hydrogens is 210 g/mol. The van der Waals surface area contributed by atoms with Crippen LogP contribution in [0.1, 0.15) is 18.1 Å². The summed E-state index contributed by atoms with van der Waals surface area (Å²) in [5.74, 6) is 0.158. The molecule has 0 saturated heterocycles. The third-order valence-corrected chi connectivity index (χ3v) is 2.93. The predicted octanol–water partition coefficient (Wildman–Crippen LogP) is 2.37. The summed E-state index contributed by atoms with van der Waals surface area (Å²) in [6, 6.07) is 5.75. The van der Waals surface area contributed by atoms with Crippen LogP contribution >= 0.6 is 11.6 Å². The Morgan fingerprint density at radius 2 is 2.20 bits per heavy atom. The second-order valence-corrected chi connectivity index (χ2v) is 4.15. The van der Waals surface area contributed by atoms with Crippen molar-refractivity contribution in [3.05, 3.63) is 34.3 Å². The van der Waals surface area contributed by atoms with Crippen LogP contribution in [0.5, 0.6) is 0 Å². The van der Waals surface area contributed by atoms with Gasteiger partial charge in [-0.25, -0.2) is 0 Å². The van der Waals surface area contributed by atoms with Gasteiger partial charge in [-0.15, -0.1) is 0 Å². The first-order chi connectivity index (χ1) is 7.04. The van der Waals surface area contributed by atoms with Gasteiger partial charge >= 0.3 is 0 Å². The molecular formula is C12H16ClNO. The monoisotopic (exact) mass is 225 g/mol. The van der Waals surface area contributed by atoms with Crippen molar-refractivity contribution >= 4 is 17.4 Å². The van der Waals surface area contributed by atoms with Crippen molar-refractivity contribution in [2.45, 2.75) is 26.3 Å². The van der Waals surface area contributed by atoms with Gasteiger partial charge in [0.1, 0.15) is 5.78 Å². The highest BCUT2D eigenvalue weighted by atomic mass is 35.5. The highest BCUT2D eigenvalue weighted by molar-refractivity contribution is 6.31. The maximum Gasteiger partial charge on any atom is 0.147 e. The van der Waals surface area contributed by atoms with E-state index in [0.717, 1.165) is 16.1 Å². The molecule has 1 N–H and O–H groups in total. The molecule has 0 spiro atoms. The number of nitrogens with one attached hydrogen (secondary N) is 1. The number of aryl methyl sites for hydroxylation is 1. The van der Waals surface area contributed by atoms with Crippen molar-refractivity contribution in [3.63, 3.8) is 0 Å². The molecule has 1 atom stereocenters. The Morgan fingerprint density at radius 1 is 1.53 bits per heavy atom. The zero-order valence-electron chi connectivity index (χ0n) is 9.30. The van der Waals surface area contributed by atoms with Gasteiger partial charge in [-0.05, 0) is 44.5 Å². The quantitative estimate of drug-likeness (QED) is 0.853. The lowest BCUT2D eigenvalue weighted by atomic mass is 10.0. The maximum atomic E-state index is 11.2. The highest BCUT2D eigenvalue weighted by Crippen LogP contribution is 2.17. The van der Waals surface area contributed by atoms with Crippen LogP contribution < -0.4 is 5.32 Å². The minimum Gasteiger partial charge on any atom is -0.310 e. The third kappa shape index (κ3) is 3.33. The maximum absolute atomic E-state index is 11.2. The number of halogens is 1. The van der Waals surface area contributed by atoms with Crippen molar-refractivity contribution in [1.29, 1.82) is 0 Å². The lowest BCUT2D eigenvalue weighted by Crippen LogP contribution is -2.34. The summed E-state index contributed by atoms with van der Waals surface area (Å²) in [6.45, 7) is 3.57. The van der Waals surface area contributed by atoms with Crippen LogP contribution in [0.3, 0.4) is 0 Å². The number of benzene rings is 1. The Hall–Kier alpha value is -0.860. The van der Waals surface area contributed by atoms with E-state index in [1.807, 2.05) is 25.1 Å². The van der Waals surface area contributed by atoms with Crippen molar-refractivity contribution in [3.8, 4) is 0 Å². The van der Waals surface area contributed by atoms with Crippen molar-refractivity contribution < 1.29 is 4.79 Å². The molecule has 0 aliphatic heterocycles. The van der Waals surface area contributed by atoms with E-state index in [1.54, 1.807) is 14.0 Å². The van der Waals surface area contributed by atoms with Crippen LogP contribution in [0.2, 0.25) is 5.02 Å². The lowest BCUT2D eigenvalue weighted by Gasteiger charge is -2.13. The number of Topliss-reactive ketones (excluding diaryl/α,β-unsaturated/α-hetero) is 1. The van der Waals surface area contributed by atoms with Gasteiger partial charge in [0.15, 0.2) is 0 Å². The van der Waals surface area contributed by atoms with E-state index >= 15 is 0 Å². The van der Waals surface area contributed by atoms with Crippen molar-refractivity contribution in [1.82, 2.24) is 5.32 Å². The molecule has 0 aliphatic rings. The molecule has 0 saturated carbocycles. The molecule has 0 heterocycles. The van der Waals surface area contributed by atoms with Gasteiger partial charge in [0.25, 0.3) is 0 Å². The fourth-order valence-corrected chi connectivity index (χ4v) is 1.64. The molecule has 1 aromatic carbocycles. The summed E-state index contributed by atoms with van der Waals surface area (Å²) in [5, 5.41) is 3.77. The first kappa shape index (κ1) is 12.2. The smallest absolute Gasteiger partial charge is 0.147 e. The molecule has 0 unspecified atom stereocenters. The number of carbonyl (C=O) groups excluding carboxylic acids is 1. The number of hydrogen-bond acceptors (Lipinski definition) is 2. The molecule has 0 aliphatic carbocycles. The molecule has 15 heavy (non-hydrogen) atoms.